The van der Waals surface area contributed by atoms with Crippen LogP contribution in [0, 0.1) is 0 Å². The van der Waals surface area contributed by atoms with Crippen molar-refractivity contribution < 1.29 is 23.7 Å². The largest absolute Gasteiger partial charge is 0.493 e. The second kappa shape index (κ2) is 8.66. The molecule has 0 fully saturated rings. The topological polar surface area (TPSA) is 66.0 Å². The lowest BCUT2D eigenvalue weighted by Crippen LogP contribution is -2.39. The molecule has 0 spiro atoms. The van der Waals surface area contributed by atoms with Gasteiger partial charge in [-0.3, -0.25) is 4.79 Å². The van der Waals surface area contributed by atoms with E-state index < -0.39 is 6.10 Å². The van der Waals surface area contributed by atoms with Crippen LogP contribution in [0.2, 0.25) is 0 Å². The first-order valence-electron chi connectivity index (χ1n) is 9.12. The highest BCUT2D eigenvalue weighted by atomic mass is 16.6. The number of fused-ring (bicyclic) bond motifs is 1. The molecule has 2 aromatic carbocycles. The lowest BCUT2D eigenvalue weighted by molar-refractivity contribution is -0.128. The van der Waals surface area contributed by atoms with Crippen molar-refractivity contribution in [1.29, 1.82) is 0 Å². The van der Waals surface area contributed by atoms with Crippen molar-refractivity contribution in [3.05, 3.63) is 48.0 Å². The van der Waals surface area contributed by atoms with Crippen LogP contribution >= 0.6 is 0 Å². The van der Waals surface area contributed by atoms with Crippen LogP contribution in [-0.4, -0.2) is 32.3 Å². The van der Waals surface area contributed by atoms with E-state index in [1.165, 1.54) is 0 Å². The number of benzene rings is 2. The molecule has 1 heterocycles. The maximum Gasteiger partial charge on any atom is 0.261 e. The molecule has 1 aliphatic rings. The molecule has 0 aromatic heterocycles. The summed E-state index contributed by atoms with van der Waals surface area (Å²) in [7, 11) is 1.58. The van der Waals surface area contributed by atoms with E-state index in [4.69, 9.17) is 18.9 Å². The summed E-state index contributed by atoms with van der Waals surface area (Å²) >= 11 is 0. The third-order valence-electron chi connectivity index (χ3n) is 4.43. The van der Waals surface area contributed by atoms with Crippen molar-refractivity contribution in [2.24, 2.45) is 0 Å². The molecular weight excluding hydrogens is 346 g/mol. The number of rotatable bonds is 7. The molecule has 0 unspecified atom stereocenters. The third kappa shape index (κ3) is 4.45. The number of carbonyl (C=O) groups excluding carboxylic acids is 1. The fourth-order valence-corrected chi connectivity index (χ4v) is 2.91. The number of methoxy groups -OCH3 is 1. The maximum atomic E-state index is 12.7. The first kappa shape index (κ1) is 18.9. The molecule has 6 heteroatoms. The Kier molecular flexibility index (Phi) is 6.06. The van der Waals surface area contributed by atoms with E-state index in [-0.39, 0.29) is 11.9 Å². The Morgan fingerprint density at radius 1 is 1.11 bits per heavy atom. The third-order valence-corrected chi connectivity index (χ3v) is 4.43. The highest BCUT2D eigenvalue weighted by molar-refractivity contribution is 5.81. The van der Waals surface area contributed by atoms with Gasteiger partial charge in [0.25, 0.3) is 5.91 Å². The van der Waals surface area contributed by atoms with E-state index in [9.17, 15) is 4.79 Å². The van der Waals surface area contributed by atoms with Crippen molar-refractivity contribution in [2.75, 3.05) is 20.3 Å². The summed E-state index contributed by atoms with van der Waals surface area (Å²) in [4.78, 5) is 12.7. The Balaban J connectivity index is 1.67. The number of hydrogen-bond donors (Lipinski definition) is 1. The Labute approximate surface area is 159 Å². The highest BCUT2D eigenvalue weighted by Crippen LogP contribution is 2.33. The summed E-state index contributed by atoms with van der Waals surface area (Å²) in [5.41, 5.74) is 0.944. The van der Waals surface area contributed by atoms with Gasteiger partial charge in [-0.2, -0.15) is 0 Å². The molecule has 0 bridgehead atoms. The first-order valence-corrected chi connectivity index (χ1v) is 9.12. The average molecular weight is 371 g/mol. The first-order chi connectivity index (χ1) is 13.1. The van der Waals surface area contributed by atoms with E-state index in [1.807, 2.05) is 44.2 Å². The van der Waals surface area contributed by atoms with E-state index in [0.717, 1.165) is 11.3 Å². The number of carbonyl (C=O) groups is 1. The molecule has 6 nitrogen and oxygen atoms in total. The summed E-state index contributed by atoms with van der Waals surface area (Å²) in [5.74, 6) is 2.41. The SMILES string of the molecule is CC[C@@H](Oc1ccccc1OC)C(=O)N[C@H](C)c1ccc2c(c1)OCCO2. The zero-order valence-electron chi connectivity index (χ0n) is 15.9. The molecule has 0 aliphatic carbocycles. The highest BCUT2D eigenvalue weighted by Gasteiger charge is 2.23. The van der Waals surface area contributed by atoms with Crippen molar-refractivity contribution >= 4 is 5.91 Å². The lowest BCUT2D eigenvalue weighted by atomic mass is 10.1. The molecule has 3 rings (SSSR count). The summed E-state index contributed by atoms with van der Waals surface area (Å²) in [6.07, 6.45) is -0.0708. The van der Waals surface area contributed by atoms with Gasteiger partial charge in [-0.05, 0) is 43.2 Å². The Hall–Kier alpha value is -2.89. The molecule has 27 heavy (non-hydrogen) atoms. The molecule has 144 valence electrons. The predicted molar refractivity (Wildman–Crippen MR) is 102 cm³/mol. The van der Waals surface area contributed by atoms with Crippen molar-refractivity contribution in [3.63, 3.8) is 0 Å². The van der Waals surface area contributed by atoms with E-state index >= 15 is 0 Å². The molecular formula is C21H25NO5. The molecule has 1 aliphatic heterocycles. The fraction of sp³-hybridized carbons (Fsp3) is 0.381. The van der Waals surface area contributed by atoms with E-state index in [2.05, 4.69) is 5.32 Å². The second-order valence-corrected chi connectivity index (χ2v) is 6.30. The summed E-state index contributed by atoms with van der Waals surface area (Å²) < 4.78 is 22.3. The zero-order valence-corrected chi connectivity index (χ0v) is 15.9. The van der Waals surface area contributed by atoms with Crippen molar-refractivity contribution in [3.8, 4) is 23.0 Å². The standard InChI is InChI=1S/C21H25NO5/c1-4-16(27-19-8-6-5-7-17(19)24-3)21(23)22-14(2)15-9-10-18-20(13-15)26-12-11-25-18/h5-10,13-14,16H,4,11-12H2,1-3H3,(H,22,23)/t14-,16-/m1/s1. The van der Waals surface area contributed by atoms with Gasteiger partial charge in [-0.25, -0.2) is 0 Å². The zero-order chi connectivity index (χ0) is 19.2. The molecule has 1 N–H and O–H groups in total. The van der Waals surface area contributed by atoms with Crippen LogP contribution in [0.3, 0.4) is 0 Å². The van der Waals surface area contributed by atoms with Crippen molar-refractivity contribution in [1.82, 2.24) is 5.32 Å². The van der Waals surface area contributed by atoms with Gasteiger partial charge in [0, 0.05) is 0 Å². The van der Waals surface area contributed by atoms with Crippen LogP contribution in [0.15, 0.2) is 42.5 Å². The molecule has 1 amide bonds. The normalized spacial score (nSPS) is 14.8. The molecule has 0 radical (unpaired) electrons. The van der Waals surface area contributed by atoms with Crippen LogP contribution in [0.4, 0.5) is 0 Å². The number of nitrogens with one attached hydrogen (secondary N) is 1. The average Bonchev–Trinajstić information content (AvgIpc) is 2.71. The van der Waals surface area contributed by atoms with Gasteiger partial charge in [0.15, 0.2) is 29.1 Å². The van der Waals surface area contributed by atoms with Gasteiger partial charge >= 0.3 is 0 Å². The van der Waals surface area contributed by atoms with Crippen molar-refractivity contribution in [2.45, 2.75) is 32.4 Å². The minimum atomic E-state index is -0.610. The fourth-order valence-electron chi connectivity index (χ4n) is 2.91. The predicted octanol–water partition coefficient (Wildman–Crippen LogP) is 3.50. The summed E-state index contributed by atoms with van der Waals surface area (Å²) in [5, 5.41) is 3.01. The minimum absolute atomic E-state index is 0.175. The number of amides is 1. The lowest BCUT2D eigenvalue weighted by Gasteiger charge is -2.23. The van der Waals surface area contributed by atoms with E-state index in [1.54, 1.807) is 19.2 Å². The smallest absolute Gasteiger partial charge is 0.261 e. The van der Waals surface area contributed by atoms with Gasteiger partial charge in [0.1, 0.15) is 13.2 Å². The van der Waals surface area contributed by atoms with Crippen LogP contribution in [0.1, 0.15) is 31.9 Å². The molecule has 0 saturated heterocycles. The number of para-hydroxylation sites is 2. The maximum absolute atomic E-state index is 12.7. The quantitative estimate of drug-likeness (QED) is 0.807. The summed E-state index contributed by atoms with van der Waals surface area (Å²) in [6, 6.07) is 12.8. The van der Waals surface area contributed by atoms with Crippen LogP contribution in [-0.2, 0) is 4.79 Å². The van der Waals surface area contributed by atoms with Gasteiger partial charge < -0.3 is 24.3 Å². The Morgan fingerprint density at radius 3 is 2.52 bits per heavy atom. The molecule has 2 atom stereocenters. The number of ether oxygens (including phenoxy) is 4. The van der Waals surface area contributed by atoms with Gasteiger partial charge in [-0.1, -0.05) is 25.1 Å². The monoisotopic (exact) mass is 371 g/mol. The minimum Gasteiger partial charge on any atom is -0.493 e. The van der Waals surface area contributed by atoms with Gasteiger partial charge in [0.05, 0.1) is 13.2 Å². The Bertz CT molecular complexity index is 792. The summed E-state index contributed by atoms with van der Waals surface area (Å²) in [6.45, 7) is 4.92. The van der Waals surface area contributed by atoms with Gasteiger partial charge in [-0.15, -0.1) is 0 Å². The van der Waals surface area contributed by atoms with Gasteiger partial charge in [0.2, 0.25) is 0 Å². The number of hydrogen-bond acceptors (Lipinski definition) is 5. The van der Waals surface area contributed by atoms with Crippen LogP contribution < -0.4 is 24.3 Å². The molecule has 2 aromatic rings. The van der Waals surface area contributed by atoms with Crippen LogP contribution in [0.5, 0.6) is 23.0 Å². The Morgan fingerprint density at radius 2 is 1.81 bits per heavy atom. The second-order valence-electron chi connectivity index (χ2n) is 6.30. The van der Waals surface area contributed by atoms with E-state index in [0.29, 0.717) is 36.9 Å². The van der Waals surface area contributed by atoms with Crippen LogP contribution in [0.25, 0.3) is 0 Å². The molecule has 0 saturated carbocycles.